The van der Waals surface area contributed by atoms with Crippen LogP contribution < -0.4 is 5.32 Å². The molecule has 1 aromatic rings. The number of rotatable bonds is 8. The van der Waals surface area contributed by atoms with Crippen LogP contribution in [0.2, 0.25) is 0 Å². The molecule has 1 aliphatic heterocycles. The van der Waals surface area contributed by atoms with Crippen molar-refractivity contribution < 1.29 is 4.79 Å². The molecule has 3 atom stereocenters. The maximum Gasteiger partial charge on any atom is 0.223 e. The maximum absolute atomic E-state index is 12.9. The van der Waals surface area contributed by atoms with Crippen molar-refractivity contribution in [3.05, 3.63) is 35.9 Å². The summed E-state index contributed by atoms with van der Waals surface area (Å²) in [4.78, 5) is 15.0. The summed E-state index contributed by atoms with van der Waals surface area (Å²) in [7, 11) is 0. The molecule has 0 bridgehead atoms. The van der Waals surface area contributed by atoms with Crippen LogP contribution >= 0.6 is 12.4 Å². The minimum Gasteiger partial charge on any atom is -0.340 e. The second-order valence-electron chi connectivity index (χ2n) is 7.22. The van der Waals surface area contributed by atoms with Gasteiger partial charge in [0.1, 0.15) is 0 Å². The summed E-state index contributed by atoms with van der Waals surface area (Å²) in [6.07, 6.45) is 5.15. The first-order valence-electron chi connectivity index (χ1n) is 9.69. The van der Waals surface area contributed by atoms with Gasteiger partial charge in [-0.3, -0.25) is 4.79 Å². The van der Waals surface area contributed by atoms with Gasteiger partial charge in [0.05, 0.1) is 0 Å². The van der Waals surface area contributed by atoms with Gasteiger partial charge in [-0.05, 0) is 63.1 Å². The monoisotopic (exact) mass is 366 g/mol. The van der Waals surface area contributed by atoms with Crippen molar-refractivity contribution in [3.63, 3.8) is 0 Å². The van der Waals surface area contributed by atoms with Crippen molar-refractivity contribution in [1.82, 2.24) is 10.2 Å². The van der Waals surface area contributed by atoms with Crippen LogP contribution in [0.15, 0.2) is 30.3 Å². The van der Waals surface area contributed by atoms with Crippen LogP contribution in [0.3, 0.4) is 0 Å². The molecule has 1 saturated heterocycles. The SMILES string of the molecule is CCC(Cc1ccccc1)N(CC)C(=O)CC(C)C1CCCNC1.Cl. The molecular weight excluding hydrogens is 332 g/mol. The summed E-state index contributed by atoms with van der Waals surface area (Å²) in [5, 5.41) is 3.47. The maximum atomic E-state index is 12.9. The molecular formula is C21H35ClN2O. The molecule has 1 fully saturated rings. The molecule has 3 nitrogen and oxygen atoms in total. The fourth-order valence-corrected chi connectivity index (χ4v) is 3.92. The molecule has 4 heteroatoms. The molecule has 1 N–H and O–H groups in total. The molecule has 25 heavy (non-hydrogen) atoms. The lowest BCUT2D eigenvalue weighted by Crippen LogP contribution is -2.43. The Balaban J connectivity index is 0.00000312. The van der Waals surface area contributed by atoms with Gasteiger partial charge in [-0.1, -0.05) is 44.2 Å². The molecule has 0 aliphatic carbocycles. The zero-order valence-electron chi connectivity index (χ0n) is 16.0. The highest BCUT2D eigenvalue weighted by Gasteiger charge is 2.26. The third kappa shape index (κ3) is 6.63. The molecule has 1 heterocycles. The molecule has 2 rings (SSSR count). The normalized spacial score (nSPS) is 19.6. The number of amides is 1. The topological polar surface area (TPSA) is 32.3 Å². The lowest BCUT2D eigenvalue weighted by Gasteiger charge is -2.33. The van der Waals surface area contributed by atoms with Crippen molar-refractivity contribution >= 4 is 18.3 Å². The van der Waals surface area contributed by atoms with Gasteiger partial charge < -0.3 is 10.2 Å². The number of likely N-dealkylation sites (N-methyl/N-ethyl adjacent to an activating group) is 1. The molecule has 0 spiro atoms. The van der Waals surface area contributed by atoms with Gasteiger partial charge in [0.2, 0.25) is 5.91 Å². The summed E-state index contributed by atoms with van der Waals surface area (Å²) in [5.74, 6) is 1.45. The lowest BCUT2D eigenvalue weighted by molar-refractivity contribution is -0.134. The van der Waals surface area contributed by atoms with E-state index >= 15 is 0 Å². The summed E-state index contributed by atoms with van der Waals surface area (Å²) < 4.78 is 0. The van der Waals surface area contributed by atoms with E-state index in [1.807, 2.05) is 6.07 Å². The van der Waals surface area contributed by atoms with Crippen LogP contribution in [0.4, 0.5) is 0 Å². The predicted octanol–water partition coefficient (Wildman–Crippen LogP) is 4.30. The Morgan fingerprint density at radius 1 is 1.28 bits per heavy atom. The van der Waals surface area contributed by atoms with E-state index in [2.05, 4.69) is 55.3 Å². The molecule has 1 amide bonds. The third-order valence-electron chi connectivity index (χ3n) is 5.52. The minimum atomic E-state index is 0. The lowest BCUT2D eigenvalue weighted by atomic mass is 9.85. The van der Waals surface area contributed by atoms with E-state index in [0.717, 1.165) is 32.5 Å². The number of nitrogens with zero attached hydrogens (tertiary/aromatic N) is 1. The number of hydrogen-bond donors (Lipinski definition) is 1. The van der Waals surface area contributed by atoms with E-state index in [1.165, 1.54) is 18.4 Å². The van der Waals surface area contributed by atoms with Crippen LogP contribution in [0, 0.1) is 11.8 Å². The average Bonchev–Trinajstić information content (AvgIpc) is 2.63. The van der Waals surface area contributed by atoms with E-state index in [0.29, 0.717) is 30.2 Å². The Bertz CT molecular complexity index is 488. The van der Waals surface area contributed by atoms with Crippen molar-refractivity contribution in [3.8, 4) is 0 Å². The molecule has 1 aromatic carbocycles. The fraction of sp³-hybridized carbons (Fsp3) is 0.667. The Hall–Kier alpha value is -1.06. The molecule has 3 unspecified atom stereocenters. The van der Waals surface area contributed by atoms with Crippen LogP contribution in [0.5, 0.6) is 0 Å². The minimum absolute atomic E-state index is 0. The third-order valence-corrected chi connectivity index (χ3v) is 5.52. The summed E-state index contributed by atoms with van der Waals surface area (Å²) in [6, 6.07) is 10.8. The van der Waals surface area contributed by atoms with Crippen LogP contribution in [-0.2, 0) is 11.2 Å². The number of piperidine rings is 1. The van der Waals surface area contributed by atoms with Crippen LogP contribution in [0.25, 0.3) is 0 Å². The molecule has 142 valence electrons. The van der Waals surface area contributed by atoms with Crippen LogP contribution in [0.1, 0.15) is 52.0 Å². The zero-order valence-corrected chi connectivity index (χ0v) is 16.9. The first-order chi connectivity index (χ1) is 11.7. The second-order valence-corrected chi connectivity index (χ2v) is 7.22. The number of halogens is 1. The highest BCUT2D eigenvalue weighted by atomic mass is 35.5. The van der Waals surface area contributed by atoms with Gasteiger partial charge in [0, 0.05) is 19.0 Å². The van der Waals surface area contributed by atoms with E-state index < -0.39 is 0 Å². The molecule has 0 aromatic heterocycles. The number of benzene rings is 1. The van der Waals surface area contributed by atoms with E-state index in [-0.39, 0.29) is 12.4 Å². The number of carbonyl (C=O) groups is 1. The highest BCUT2D eigenvalue weighted by Crippen LogP contribution is 2.24. The van der Waals surface area contributed by atoms with Crippen molar-refractivity contribution in [2.75, 3.05) is 19.6 Å². The van der Waals surface area contributed by atoms with E-state index in [1.54, 1.807) is 0 Å². The average molecular weight is 367 g/mol. The second kappa shape index (κ2) is 11.5. The Morgan fingerprint density at radius 3 is 2.56 bits per heavy atom. The Morgan fingerprint density at radius 2 is 2.00 bits per heavy atom. The summed E-state index contributed by atoms with van der Waals surface area (Å²) in [5.41, 5.74) is 1.32. The van der Waals surface area contributed by atoms with E-state index in [9.17, 15) is 4.79 Å². The first-order valence-corrected chi connectivity index (χ1v) is 9.69. The number of carbonyl (C=O) groups excluding carboxylic acids is 1. The van der Waals surface area contributed by atoms with Crippen LogP contribution in [-0.4, -0.2) is 36.5 Å². The smallest absolute Gasteiger partial charge is 0.223 e. The molecule has 1 aliphatic rings. The highest BCUT2D eigenvalue weighted by molar-refractivity contribution is 5.85. The molecule has 0 radical (unpaired) electrons. The Labute approximate surface area is 160 Å². The van der Waals surface area contributed by atoms with Gasteiger partial charge in [-0.15, -0.1) is 12.4 Å². The quantitative estimate of drug-likeness (QED) is 0.743. The first kappa shape index (κ1) is 22.0. The summed E-state index contributed by atoms with van der Waals surface area (Å²) >= 11 is 0. The van der Waals surface area contributed by atoms with Gasteiger partial charge in [-0.25, -0.2) is 0 Å². The van der Waals surface area contributed by atoms with E-state index in [4.69, 9.17) is 0 Å². The van der Waals surface area contributed by atoms with Gasteiger partial charge >= 0.3 is 0 Å². The Kier molecular flexibility index (Phi) is 10.1. The van der Waals surface area contributed by atoms with Crippen molar-refractivity contribution in [2.45, 2.75) is 58.9 Å². The van der Waals surface area contributed by atoms with Gasteiger partial charge in [-0.2, -0.15) is 0 Å². The number of hydrogen-bond acceptors (Lipinski definition) is 2. The van der Waals surface area contributed by atoms with Gasteiger partial charge in [0.25, 0.3) is 0 Å². The molecule has 0 saturated carbocycles. The summed E-state index contributed by atoms with van der Waals surface area (Å²) in [6.45, 7) is 9.56. The fourth-order valence-electron chi connectivity index (χ4n) is 3.92. The number of nitrogens with one attached hydrogen (secondary N) is 1. The zero-order chi connectivity index (χ0) is 17.4. The predicted molar refractivity (Wildman–Crippen MR) is 108 cm³/mol. The van der Waals surface area contributed by atoms with Crippen molar-refractivity contribution in [2.24, 2.45) is 11.8 Å². The van der Waals surface area contributed by atoms with Crippen molar-refractivity contribution in [1.29, 1.82) is 0 Å². The largest absolute Gasteiger partial charge is 0.340 e. The van der Waals surface area contributed by atoms with Gasteiger partial charge in [0.15, 0.2) is 0 Å². The standard InChI is InChI=1S/C21H34N2O.ClH/c1-4-20(15-18-10-7-6-8-11-18)23(5-2)21(24)14-17(3)19-12-9-13-22-16-19;/h6-8,10-11,17,19-20,22H,4-5,9,12-16H2,1-3H3;1H.